The average molecular weight is 542 g/mol. The molecule has 0 aliphatic carbocycles. The average Bonchev–Trinajstić information content (AvgIpc) is 2.78. The molecule has 8 nitrogen and oxygen atoms in total. The van der Waals surface area contributed by atoms with Crippen molar-refractivity contribution in [1.29, 1.82) is 0 Å². The minimum atomic E-state index is -0.492. The van der Waals surface area contributed by atoms with Crippen molar-refractivity contribution in [3.8, 4) is 11.5 Å². The number of carbonyl (C=O) groups excluding carboxylic acids is 1. The van der Waals surface area contributed by atoms with E-state index in [1.165, 1.54) is 7.11 Å². The summed E-state index contributed by atoms with van der Waals surface area (Å²) in [5, 5.41) is 9.21. The summed E-state index contributed by atoms with van der Waals surface area (Å²) in [6, 6.07) is 13.4. The molecule has 0 spiro atoms. The zero-order valence-electron chi connectivity index (χ0n) is 18.4. The third kappa shape index (κ3) is 8.91. The summed E-state index contributed by atoms with van der Waals surface area (Å²) in [7, 11) is 4.59. The number of halogens is 1. The van der Waals surface area contributed by atoms with Gasteiger partial charge in [0.15, 0.2) is 17.5 Å². The Kier molecular flexibility index (Phi) is 12.2. The largest absolute Gasteiger partial charge is 0.493 e. The van der Waals surface area contributed by atoms with Crippen LogP contribution in [0.15, 0.2) is 47.5 Å². The van der Waals surface area contributed by atoms with E-state index in [2.05, 4.69) is 25.7 Å². The third-order valence-corrected chi connectivity index (χ3v) is 4.30. The van der Waals surface area contributed by atoms with Crippen molar-refractivity contribution in [2.75, 3.05) is 39.7 Å². The Labute approximate surface area is 200 Å². The van der Waals surface area contributed by atoms with Gasteiger partial charge in [-0.1, -0.05) is 18.2 Å². The zero-order valence-corrected chi connectivity index (χ0v) is 20.7. The normalized spacial score (nSPS) is 10.5. The van der Waals surface area contributed by atoms with Gasteiger partial charge in [-0.05, 0) is 48.7 Å². The number of ether oxygens (including phenoxy) is 3. The fourth-order valence-corrected chi connectivity index (χ4v) is 2.74. The first kappa shape index (κ1) is 26.3. The number of amides is 1. The number of rotatable bonds is 9. The highest BCUT2D eigenvalue weighted by Gasteiger charge is 2.05. The van der Waals surface area contributed by atoms with Crippen molar-refractivity contribution in [2.24, 2.45) is 4.99 Å². The highest BCUT2D eigenvalue weighted by atomic mass is 127. The number of benzene rings is 2. The second-order valence-corrected chi connectivity index (χ2v) is 6.37. The van der Waals surface area contributed by atoms with E-state index in [9.17, 15) is 4.79 Å². The molecule has 2 aromatic carbocycles. The van der Waals surface area contributed by atoms with E-state index >= 15 is 0 Å². The summed E-state index contributed by atoms with van der Waals surface area (Å²) in [5.41, 5.74) is 2.85. The maximum atomic E-state index is 11.2. The van der Waals surface area contributed by atoms with E-state index in [4.69, 9.17) is 9.47 Å². The van der Waals surface area contributed by atoms with E-state index in [-0.39, 0.29) is 24.0 Å². The van der Waals surface area contributed by atoms with Gasteiger partial charge in [-0.2, -0.15) is 0 Å². The second kappa shape index (κ2) is 14.3. The van der Waals surface area contributed by atoms with Gasteiger partial charge < -0.3 is 24.8 Å². The monoisotopic (exact) mass is 542 g/mol. The lowest BCUT2D eigenvalue weighted by Crippen LogP contribution is -2.38. The highest BCUT2D eigenvalue weighted by Crippen LogP contribution is 2.27. The van der Waals surface area contributed by atoms with Crippen LogP contribution in [0.2, 0.25) is 0 Å². The lowest BCUT2D eigenvalue weighted by Gasteiger charge is -2.13. The highest BCUT2D eigenvalue weighted by molar-refractivity contribution is 14.0. The molecule has 0 saturated heterocycles. The van der Waals surface area contributed by atoms with E-state index in [1.807, 2.05) is 49.4 Å². The van der Waals surface area contributed by atoms with E-state index in [1.54, 1.807) is 14.2 Å². The number of carbonyl (C=O) groups is 1. The molecule has 2 rings (SSSR count). The van der Waals surface area contributed by atoms with Crippen LogP contribution in [0.4, 0.5) is 10.5 Å². The summed E-state index contributed by atoms with van der Waals surface area (Å²) < 4.78 is 15.2. The molecule has 0 aliphatic rings. The van der Waals surface area contributed by atoms with Gasteiger partial charge in [-0.25, -0.2) is 9.79 Å². The molecule has 0 heterocycles. The molecule has 31 heavy (non-hydrogen) atoms. The van der Waals surface area contributed by atoms with Gasteiger partial charge in [0, 0.05) is 18.8 Å². The molecule has 0 unspecified atom stereocenters. The van der Waals surface area contributed by atoms with E-state index in [0.717, 1.165) is 48.1 Å². The number of hydrogen-bond acceptors (Lipinski definition) is 5. The first-order valence-corrected chi connectivity index (χ1v) is 9.76. The quantitative estimate of drug-likeness (QED) is 0.254. The van der Waals surface area contributed by atoms with E-state index in [0.29, 0.717) is 12.2 Å². The number of aliphatic imine (C=N–C) groups is 1. The van der Waals surface area contributed by atoms with Gasteiger partial charge in [0.1, 0.15) is 0 Å². The van der Waals surface area contributed by atoms with Gasteiger partial charge in [0.2, 0.25) is 0 Å². The lowest BCUT2D eigenvalue weighted by atomic mass is 10.1. The second-order valence-electron chi connectivity index (χ2n) is 6.37. The van der Waals surface area contributed by atoms with Crippen LogP contribution in [0, 0.1) is 0 Å². The lowest BCUT2D eigenvalue weighted by molar-refractivity contribution is 0.187. The molecule has 9 heteroatoms. The van der Waals surface area contributed by atoms with Crippen LogP contribution < -0.4 is 25.4 Å². The smallest absolute Gasteiger partial charge is 0.411 e. The minimum Gasteiger partial charge on any atom is -0.493 e. The Morgan fingerprint density at radius 2 is 1.61 bits per heavy atom. The van der Waals surface area contributed by atoms with Crippen LogP contribution in [0.3, 0.4) is 0 Å². The molecule has 0 aliphatic heterocycles. The molecule has 0 bridgehead atoms. The van der Waals surface area contributed by atoms with Crippen molar-refractivity contribution < 1.29 is 19.0 Å². The molecule has 2 aromatic rings. The number of anilines is 1. The van der Waals surface area contributed by atoms with E-state index < -0.39 is 6.09 Å². The number of nitrogens with zero attached hydrogens (tertiary/aromatic N) is 1. The van der Waals surface area contributed by atoms with Crippen molar-refractivity contribution >= 4 is 41.7 Å². The topological polar surface area (TPSA) is 93.2 Å². The van der Waals surface area contributed by atoms with Gasteiger partial charge in [-0.15, -0.1) is 24.0 Å². The first-order chi connectivity index (χ1) is 14.6. The van der Waals surface area contributed by atoms with Gasteiger partial charge >= 0.3 is 6.09 Å². The fourth-order valence-electron chi connectivity index (χ4n) is 2.74. The fraction of sp³-hybridized carbons (Fsp3) is 0.364. The molecule has 0 aromatic heterocycles. The molecule has 0 fully saturated rings. The summed E-state index contributed by atoms with van der Waals surface area (Å²) >= 11 is 0. The van der Waals surface area contributed by atoms with Crippen molar-refractivity contribution in [1.82, 2.24) is 10.6 Å². The first-order valence-electron chi connectivity index (χ1n) is 9.76. The van der Waals surface area contributed by atoms with Crippen LogP contribution in [0.25, 0.3) is 0 Å². The van der Waals surface area contributed by atoms with Crippen molar-refractivity contribution in [3.05, 3.63) is 53.6 Å². The number of guanidine groups is 1. The van der Waals surface area contributed by atoms with Crippen molar-refractivity contribution in [3.63, 3.8) is 0 Å². The standard InChI is InChI=1S/C22H30N4O4.HI/c1-5-23-21(24-13-12-16-8-11-19(28-2)20(14-16)29-3)25-15-17-6-9-18(10-7-17)26-22(27)30-4;/h6-11,14H,5,12-13,15H2,1-4H3,(H,26,27)(H2,23,24,25);1H. The summed E-state index contributed by atoms with van der Waals surface area (Å²) in [6.45, 7) is 4.04. The maximum Gasteiger partial charge on any atom is 0.411 e. The Morgan fingerprint density at radius 3 is 2.23 bits per heavy atom. The third-order valence-electron chi connectivity index (χ3n) is 4.30. The Hall–Kier alpha value is -2.69. The summed E-state index contributed by atoms with van der Waals surface area (Å²) in [6.07, 6.45) is 0.326. The van der Waals surface area contributed by atoms with Crippen LogP contribution in [0.1, 0.15) is 18.1 Å². The Morgan fingerprint density at radius 1 is 0.935 bits per heavy atom. The molecule has 0 radical (unpaired) electrons. The van der Waals surface area contributed by atoms with Gasteiger partial charge in [0.25, 0.3) is 0 Å². The van der Waals surface area contributed by atoms with Crippen LogP contribution in [-0.2, 0) is 17.7 Å². The SMILES string of the molecule is CCNC(=NCc1ccc(NC(=O)OC)cc1)NCCc1ccc(OC)c(OC)c1.I. The molecular formula is C22H31IN4O4. The molecule has 0 atom stereocenters. The molecule has 3 N–H and O–H groups in total. The Balaban J connectivity index is 0.00000480. The summed E-state index contributed by atoms with van der Waals surface area (Å²) in [4.78, 5) is 15.9. The van der Waals surface area contributed by atoms with Gasteiger partial charge in [0.05, 0.1) is 27.9 Å². The van der Waals surface area contributed by atoms with Gasteiger partial charge in [-0.3, -0.25) is 5.32 Å². The Bertz CT molecular complexity index is 844. The summed E-state index contributed by atoms with van der Waals surface area (Å²) in [5.74, 6) is 2.19. The predicted octanol–water partition coefficient (Wildman–Crippen LogP) is 3.80. The predicted molar refractivity (Wildman–Crippen MR) is 134 cm³/mol. The molecule has 0 saturated carbocycles. The van der Waals surface area contributed by atoms with Crippen molar-refractivity contribution in [2.45, 2.75) is 19.9 Å². The number of methoxy groups -OCH3 is 3. The number of hydrogen-bond donors (Lipinski definition) is 3. The molecule has 1 amide bonds. The molecule has 170 valence electrons. The number of nitrogens with one attached hydrogen (secondary N) is 3. The van der Waals surface area contributed by atoms with Crippen LogP contribution >= 0.6 is 24.0 Å². The zero-order chi connectivity index (χ0) is 21.8. The maximum absolute atomic E-state index is 11.2. The minimum absolute atomic E-state index is 0. The van der Waals surface area contributed by atoms with Crippen LogP contribution in [-0.4, -0.2) is 46.5 Å². The molecular weight excluding hydrogens is 511 g/mol. The van der Waals surface area contributed by atoms with Crippen LogP contribution in [0.5, 0.6) is 11.5 Å².